The molecule has 0 spiro atoms. The van der Waals surface area contributed by atoms with Gasteiger partial charge in [0, 0.05) is 31.0 Å². The highest BCUT2D eigenvalue weighted by molar-refractivity contribution is 6.31. The van der Waals surface area contributed by atoms with E-state index in [-0.39, 0.29) is 30.6 Å². The van der Waals surface area contributed by atoms with E-state index in [1.54, 1.807) is 12.1 Å². The van der Waals surface area contributed by atoms with Gasteiger partial charge in [-0.05, 0) is 48.6 Å². The Labute approximate surface area is 222 Å². The van der Waals surface area contributed by atoms with Gasteiger partial charge in [-0.3, -0.25) is 28.9 Å². The van der Waals surface area contributed by atoms with Gasteiger partial charge in [-0.25, -0.2) is 0 Å². The van der Waals surface area contributed by atoms with E-state index in [1.807, 2.05) is 6.07 Å². The highest BCUT2D eigenvalue weighted by Crippen LogP contribution is 2.51. The van der Waals surface area contributed by atoms with Crippen molar-refractivity contribution in [2.45, 2.75) is 31.4 Å². The van der Waals surface area contributed by atoms with Gasteiger partial charge in [0.2, 0.25) is 5.91 Å². The number of phenolic OH excluding ortho intramolecular Hbond substituents is 1. The quantitative estimate of drug-likeness (QED) is 0.464. The Morgan fingerprint density at radius 3 is 2.51 bits per heavy atom. The van der Waals surface area contributed by atoms with Crippen LogP contribution in [0.4, 0.5) is 0 Å². The van der Waals surface area contributed by atoms with Crippen LogP contribution in [-0.2, 0) is 36.9 Å². The first kappa shape index (κ1) is 25.6. The second kappa shape index (κ2) is 9.22. The molecule has 11 heteroatoms. The number of ketones is 4. The maximum Gasteiger partial charge on any atom is 0.235 e. The van der Waals surface area contributed by atoms with Crippen molar-refractivity contribution in [1.29, 1.82) is 0 Å². The molecule has 3 aliphatic carbocycles. The fourth-order valence-corrected chi connectivity index (χ4v) is 6.79. The molecule has 1 aliphatic heterocycles. The molecule has 2 unspecified atom stereocenters. The number of furan rings is 1. The lowest BCUT2D eigenvalue weighted by Gasteiger charge is -2.48. The number of nitrogens with zero attached hydrogens (tertiary/aromatic N) is 1. The Balaban J connectivity index is 1.35. The van der Waals surface area contributed by atoms with Crippen molar-refractivity contribution in [3.05, 3.63) is 41.2 Å². The summed E-state index contributed by atoms with van der Waals surface area (Å²) in [5.41, 5.74) is 3.61. The highest BCUT2D eigenvalue weighted by Gasteiger charge is 2.66. The standard InChI is InChI=1S/C28H28N2O9/c29-27(36)23-19(32)11-14-9-13-10-17-16(20-4-1-15(39-20)12-30-5-7-38-8-6-30)2-3-18(31)22(17)24(33)21(13)25(34)28(14,37)26(23)35/h1-4,13-14,21,23,31,37H,5-12H2,(H2,29,36)/t13-,14+,21?,23?,28+/m1/s1. The number of aliphatic hydroxyl groups is 1. The molecule has 1 amide bonds. The molecule has 2 heterocycles. The maximum atomic E-state index is 13.7. The summed E-state index contributed by atoms with van der Waals surface area (Å²) in [6.45, 7) is 3.47. The highest BCUT2D eigenvalue weighted by atomic mass is 16.5. The normalized spacial score (nSPS) is 31.0. The fraction of sp³-hybridized carbons (Fsp3) is 0.464. The van der Waals surface area contributed by atoms with Crippen LogP contribution in [0.3, 0.4) is 0 Å². The number of ether oxygens (including phenoxy) is 1. The van der Waals surface area contributed by atoms with E-state index in [0.717, 1.165) is 18.8 Å². The number of Topliss-reactive ketones (excluding diaryl/α,β-unsaturated/α-hetero) is 4. The molecule has 0 bridgehead atoms. The summed E-state index contributed by atoms with van der Waals surface area (Å²) < 4.78 is 11.5. The summed E-state index contributed by atoms with van der Waals surface area (Å²) in [6.07, 6.45) is -0.146. The van der Waals surface area contributed by atoms with Gasteiger partial charge in [-0.15, -0.1) is 0 Å². The lowest BCUT2D eigenvalue weighted by Crippen LogP contribution is -2.68. The van der Waals surface area contributed by atoms with E-state index in [0.29, 0.717) is 36.6 Å². The maximum absolute atomic E-state index is 13.7. The molecule has 39 heavy (non-hydrogen) atoms. The zero-order valence-corrected chi connectivity index (χ0v) is 21.1. The first-order valence-corrected chi connectivity index (χ1v) is 13.0. The number of morpholine rings is 1. The second-order valence-corrected chi connectivity index (χ2v) is 10.9. The van der Waals surface area contributed by atoms with Crippen molar-refractivity contribution >= 4 is 29.0 Å². The largest absolute Gasteiger partial charge is 0.507 e. The van der Waals surface area contributed by atoms with E-state index < -0.39 is 58.3 Å². The van der Waals surface area contributed by atoms with Gasteiger partial charge in [0.1, 0.15) is 17.3 Å². The Morgan fingerprint density at radius 2 is 1.79 bits per heavy atom. The molecule has 4 N–H and O–H groups in total. The van der Waals surface area contributed by atoms with Crippen LogP contribution in [0, 0.1) is 23.7 Å². The lowest BCUT2D eigenvalue weighted by molar-refractivity contribution is -0.175. The molecule has 1 aromatic heterocycles. The summed E-state index contributed by atoms with van der Waals surface area (Å²) in [6, 6.07) is 6.67. The number of primary amides is 1. The van der Waals surface area contributed by atoms with Crippen molar-refractivity contribution in [3.8, 4) is 17.1 Å². The Bertz CT molecular complexity index is 1420. The van der Waals surface area contributed by atoms with E-state index in [9.17, 15) is 34.2 Å². The molecule has 3 fully saturated rings. The van der Waals surface area contributed by atoms with Crippen LogP contribution in [-0.4, -0.2) is 76.1 Å². The third-order valence-corrected chi connectivity index (χ3v) is 8.70. The van der Waals surface area contributed by atoms with E-state index in [2.05, 4.69) is 4.90 Å². The van der Waals surface area contributed by atoms with E-state index in [1.165, 1.54) is 6.07 Å². The van der Waals surface area contributed by atoms with Crippen LogP contribution < -0.4 is 5.73 Å². The molecule has 5 atom stereocenters. The van der Waals surface area contributed by atoms with Crippen LogP contribution in [0.1, 0.15) is 34.5 Å². The molecule has 11 nitrogen and oxygen atoms in total. The number of nitrogens with two attached hydrogens (primary N) is 1. The zero-order valence-electron chi connectivity index (χ0n) is 21.1. The third kappa shape index (κ3) is 3.87. The third-order valence-electron chi connectivity index (χ3n) is 8.70. The predicted octanol–water partition coefficient (Wildman–Crippen LogP) is 0.419. The molecular formula is C28H28N2O9. The number of aromatic hydroxyl groups is 1. The van der Waals surface area contributed by atoms with Gasteiger partial charge in [-0.1, -0.05) is 0 Å². The second-order valence-electron chi connectivity index (χ2n) is 10.9. The summed E-state index contributed by atoms with van der Waals surface area (Å²) in [5, 5.41) is 22.0. The average Bonchev–Trinajstić information content (AvgIpc) is 3.34. The molecule has 4 aliphatic rings. The van der Waals surface area contributed by atoms with Crippen LogP contribution in [0.2, 0.25) is 0 Å². The fourth-order valence-electron chi connectivity index (χ4n) is 6.79. The number of hydrogen-bond donors (Lipinski definition) is 3. The minimum atomic E-state index is -2.66. The summed E-state index contributed by atoms with van der Waals surface area (Å²) >= 11 is 0. The van der Waals surface area contributed by atoms with Crippen LogP contribution in [0.5, 0.6) is 5.75 Å². The van der Waals surface area contributed by atoms with Crippen molar-refractivity contribution in [2.24, 2.45) is 29.4 Å². The van der Waals surface area contributed by atoms with Gasteiger partial charge in [0.25, 0.3) is 0 Å². The zero-order chi connectivity index (χ0) is 27.6. The van der Waals surface area contributed by atoms with Gasteiger partial charge < -0.3 is 25.1 Å². The topological polar surface area (TPSA) is 177 Å². The number of amides is 1. The average molecular weight is 537 g/mol. The smallest absolute Gasteiger partial charge is 0.235 e. The van der Waals surface area contributed by atoms with Gasteiger partial charge in [-0.2, -0.15) is 0 Å². The minimum absolute atomic E-state index is 0.0383. The number of hydrogen-bond acceptors (Lipinski definition) is 10. The van der Waals surface area contributed by atoms with Gasteiger partial charge in [0.05, 0.1) is 31.2 Å². The van der Waals surface area contributed by atoms with E-state index >= 15 is 0 Å². The minimum Gasteiger partial charge on any atom is -0.507 e. The first-order chi connectivity index (χ1) is 18.6. The summed E-state index contributed by atoms with van der Waals surface area (Å²) in [4.78, 5) is 66.9. The number of carbonyl (C=O) groups is 5. The van der Waals surface area contributed by atoms with Crippen LogP contribution >= 0.6 is 0 Å². The number of fused-ring (bicyclic) bond motifs is 3. The molecule has 1 aromatic carbocycles. The number of carbonyl (C=O) groups excluding carboxylic acids is 5. The van der Waals surface area contributed by atoms with Crippen molar-refractivity contribution in [3.63, 3.8) is 0 Å². The van der Waals surface area contributed by atoms with Crippen LogP contribution in [0.25, 0.3) is 11.3 Å². The van der Waals surface area contributed by atoms with E-state index in [4.69, 9.17) is 14.9 Å². The molecule has 6 rings (SSSR count). The van der Waals surface area contributed by atoms with Gasteiger partial charge in [0.15, 0.2) is 34.7 Å². The molecule has 2 saturated carbocycles. The van der Waals surface area contributed by atoms with Crippen molar-refractivity contribution in [1.82, 2.24) is 4.90 Å². The molecular weight excluding hydrogens is 508 g/mol. The molecule has 204 valence electrons. The number of phenols is 1. The lowest BCUT2D eigenvalue weighted by atomic mass is 9.53. The number of rotatable bonds is 4. The van der Waals surface area contributed by atoms with Crippen molar-refractivity contribution in [2.75, 3.05) is 26.3 Å². The van der Waals surface area contributed by atoms with Crippen molar-refractivity contribution < 1.29 is 43.3 Å². The van der Waals surface area contributed by atoms with Gasteiger partial charge >= 0.3 is 0 Å². The first-order valence-electron chi connectivity index (χ1n) is 13.0. The summed E-state index contributed by atoms with van der Waals surface area (Å²) in [5.74, 6) is -9.09. The monoisotopic (exact) mass is 536 g/mol. The number of benzene rings is 1. The Morgan fingerprint density at radius 1 is 1.05 bits per heavy atom. The Hall–Kier alpha value is -3.67. The summed E-state index contributed by atoms with van der Waals surface area (Å²) in [7, 11) is 0. The predicted molar refractivity (Wildman–Crippen MR) is 132 cm³/mol. The van der Waals surface area contributed by atoms with Crippen LogP contribution in [0.15, 0.2) is 28.7 Å². The SMILES string of the molecule is NC(=O)C1C(=O)C[C@@H]2C[C@@H]3Cc4c(-c5ccc(CN6CCOCC6)o5)ccc(O)c4C(=O)C3C(=O)[C@]2(O)C1=O. The Kier molecular flexibility index (Phi) is 6.05. The molecule has 1 saturated heterocycles. The molecule has 0 radical (unpaired) electrons. The molecule has 2 aromatic rings.